The van der Waals surface area contributed by atoms with Crippen molar-refractivity contribution in [3.8, 4) is 0 Å². The Morgan fingerprint density at radius 1 is 1.12 bits per heavy atom. The van der Waals surface area contributed by atoms with Gasteiger partial charge < -0.3 is 10.6 Å². The van der Waals surface area contributed by atoms with Gasteiger partial charge in [-0.15, -0.1) is 0 Å². The fourth-order valence-corrected chi connectivity index (χ4v) is 1.99. The van der Waals surface area contributed by atoms with E-state index in [0.29, 0.717) is 0 Å². The van der Waals surface area contributed by atoms with Gasteiger partial charge in [0.2, 0.25) is 0 Å². The average Bonchev–Trinajstić information content (AvgIpc) is 2.35. The lowest BCUT2D eigenvalue weighted by molar-refractivity contribution is 0.923. The zero-order valence-electron chi connectivity index (χ0n) is 9.73. The van der Waals surface area contributed by atoms with E-state index in [4.69, 9.17) is 5.73 Å². The van der Waals surface area contributed by atoms with Crippen molar-refractivity contribution < 1.29 is 0 Å². The summed E-state index contributed by atoms with van der Waals surface area (Å²) in [5, 5.41) is 0. The summed E-state index contributed by atoms with van der Waals surface area (Å²) in [6.07, 6.45) is 0. The van der Waals surface area contributed by atoms with Crippen LogP contribution in [0, 0.1) is 0 Å². The Bertz CT molecular complexity index is 497. The maximum absolute atomic E-state index is 5.87. The molecular formula is C14H15BrN2. The van der Waals surface area contributed by atoms with Crippen LogP contribution in [0.15, 0.2) is 53.0 Å². The van der Waals surface area contributed by atoms with Crippen molar-refractivity contribution in [2.75, 3.05) is 17.7 Å². The van der Waals surface area contributed by atoms with Crippen LogP contribution in [0.2, 0.25) is 0 Å². The summed E-state index contributed by atoms with van der Waals surface area (Å²) in [6.45, 7) is 0.849. The normalized spacial score (nSPS) is 10.2. The first kappa shape index (κ1) is 12.0. The van der Waals surface area contributed by atoms with Gasteiger partial charge in [0.15, 0.2) is 0 Å². The molecule has 2 aromatic rings. The van der Waals surface area contributed by atoms with Crippen molar-refractivity contribution >= 4 is 27.3 Å². The number of benzene rings is 2. The zero-order chi connectivity index (χ0) is 12.3. The topological polar surface area (TPSA) is 29.3 Å². The minimum Gasteiger partial charge on any atom is -0.398 e. The number of hydrogen-bond acceptors (Lipinski definition) is 2. The first-order valence-electron chi connectivity index (χ1n) is 5.47. The monoisotopic (exact) mass is 290 g/mol. The molecule has 2 aromatic carbocycles. The standard InChI is InChI=1S/C14H15BrN2/c1-17(12-5-3-2-4-6-12)10-11-7-8-13(15)14(16)9-11/h2-9H,10,16H2,1H3. The largest absolute Gasteiger partial charge is 0.398 e. The average molecular weight is 291 g/mol. The summed E-state index contributed by atoms with van der Waals surface area (Å²) in [4.78, 5) is 2.20. The molecule has 0 aliphatic heterocycles. The Kier molecular flexibility index (Phi) is 3.69. The molecule has 0 unspecified atom stereocenters. The van der Waals surface area contributed by atoms with Crippen molar-refractivity contribution in [2.45, 2.75) is 6.54 Å². The van der Waals surface area contributed by atoms with Crippen molar-refractivity contribution in [2.24, 2.45) is 0 Å². The molecule has 2 N–H and O–H groups in total. The van der Waals surface area contributed by atoms with E-state index in [1.165, 1.54) is 11.3 Å². The van der Waals surface area contributed by atoms with E-state index in [-0.39, 0.29) is 0 Å². The molecule has 0 bridgehead atoms. The molecule has 0 aliphatic carbocycles. The molecule has 0 saturated heterocycles. The molecule has 0 atom stereocenters. The highest BCUT2D eigenvalue weighted by atomic mass is 79.9. The molecule has 0 fully saturated rings. The van der Waals surface area contributed by atoms with Crippen LogP contribution >= 0.6 is 15.9 Å². The molecule has 17 heavy (non-hydrogen) atoms. The van der Waals surface area contributed by atoms with Crippen LogP contribution in [0.3, 0.4) is 0 Å². The quantitative estimate of drug-likeness (QED) is 0.874. The third-order valence-electron chi connectivity index (χ3n) is 2.68. The SMILES string of the molecule is CN(Cc1ccc(Br)c(N)c1)c1ccccc1. The number of nitrogens with zero attached hydrogens (tertiary/aromatic N) is 1. The first-order chi connectivity index (χ1) is 8.16. The number of para-hydroxylation sites is 1. The fourth-order valence-electron chi connectivity index (χ4n) is 1.74. The van der Waals surface area contributed by atoms with E-state index in [0.717, 1.165) is 16.7 Å². The van der Waals surface area contributed by atoms with Crippen LogP contribution in [0.4, 0.5) is 11.4 Å². The van der Waals surface area contributed by atoms with E-state index in [9.17, 15) is 0 Å². The third-order valence-corrected chi connectivity index (χ3v) is 3.40. The fraction of sp³-hybridized carbons (Fsp3) is 0.143. The lowest BCUT2D eigenvalue weighted by Gasteiger charge is -2.19. The number of halogens is 1. The highest BCUT2D eigenvalue weighted by Crippen LogP contribution is 2.22. The third kappa shape index (κ3) is 3.01. The molecule has 0 aliphatic rings. The molecule has 88 valence electrons. The Labute approximate surface area is 110 Å². The van der Waals surface area contributed by atoms with Gasteiger partial charge in [-0.05, 0) is 45.8 Å². The minimum atomic E-state index is 0.781. The Morgan fingerprint density at radius 3 is 2.47 bits per heavy atom. The summed E-state index contributed by atoms with van der Waals surface area (Å²) in [6, 6.07) is 16.4. The van der Waals surface area contributed by atoms with Crippen LogP contribution in [-0.2, 0) is 6.54 Å². The second-order valence-corrected chi connectivity index (χ2v) is 4.90. The highest BCUT2D eigenvalue weighted by molar-refractivity contribution is 9.10. The molecule has 3 heteroatoms. The maximum atomic E-state index is 5.87. The van der Waals surface area contributed by atoms with Crippen LogP contribution in [0.25, 0.3) is 0 Å². The van der Waals surface area contributed by atoms with Crippen molar-refractivity contribution in [3.63, 3.8) is 0 Å². The van der Waals surface area contributed by atoms with Crippen molar-refractivity contribution in [3.05, 3.63) is 58.6 Å². The Morgan fingerprint density at radius 2 is 1.82 bits per heavy atom. The first-order valence-corrected chi connectivity index (χ1v) is 6.26. The molecule has 2 nitrogen and oxygen atoms in total. The van der Waals surface area contributed by atoms with Crippen LogP contribution < -0.4 is 10.6 Å². The van der Waals surface area contributed by atoms with E-state index < -0.39 is 0 Å². The number of anilines is 2. The molecule has 0 radical (unpaired) electrons. The molecule has 0 saturated carbocycles. The van der Waals surface area contributed by atoms with Gasteiger partial charge in [-0.2, -0.15) is 0 Å². The number of nitrogens with two attached hydrogens (primary N) is 1. The van der Waals surface area contributed by atoms with Gasteiger partial charge in [-0.1, -0.05) is 24.3 Å². The number of rotatable bonds is 3. The zero-order valence-corrected chi connectivity index (χ0v) is 11.3. The second kappa shape index (κ2) is 5.23. The molecule has 0 amide bonds. The number of hydrogen-bond donors (Lipinski definition) is 1. The lowest BCUT2D eigenvalue weighted by atomic mass is 10.2. The maximum Gasteiger partial charge on any atom is 0.0461 e. The van der Waals surface area contributed by atoms with E-state index in [1.54, 1.807) is 0 Å². The van der Waals surface area contributed by atoms with E-state index in [1.807, 2.05) is 30.3 Å². The summed E-state index contributed by atoms with van der Waals surface area (Å²) in [5.74, 6) is 0. The van der Waals surface area contributed by atoms with Gasteiger partial charge in [0.25, 0.3) is 0 Å². The van der Waals surface area contributed by atoms with Gasteiger partial charge in [0.05, 0.1) is 0 Å². The van der Waals surface area contributed by atoms with Gasteiger partial charge in [0, 0.05) is 29.4 Å². The van der Waals surface area contributed by atoms with Crippen LogP contribution in [-0.4, -0.2) is 7.05 Å². The minimum absolute atomic E-state index is 0.781. The summed E-state index contributed by atoms with van der Waals surface area (Å²) in [5.41, 5.74) is 9.06. The predicted octanol–water partition coefficient (Wildman–Crippen LogP) is 3.67. The predicted molar refractivity (Wildman–Crippen MR) is 77.1 cm³/mol. The van der Waals surface area contributed by atoms with Crippen molar-refractivity contribution in [1.82, 2.24) is 0 Å². The summed E-state index contributed by atoms with van der Waals surface area (Å²) < 4.78 is 0.948. The highest BCUT2D eigenvalue weighted by Gasteiger charge is 2.03. The number of nitrogen functional groups attached to an aromatic ring is 1. The molecule has 0 heterocycles. The van der Waals surface area contributed by atoms with Gasteiger partial charge in [-0.25, -0.2) is 0 Å². The second-order valence-electron chi connectivity index (χ2n) is 4.05. The smallest absolute Gasteiger partial charge is 0.0461 e. The molecular weight excluding hydrogens is 276 g/mol. The van der Waals surface area contributed by atoms with Crippen LogP contribution in [0.1, 0.15) is 5.56 Å². The van der Waals surface area contributed by atoms with Gasteiger partial charge >= 0.3 is 0 Å². The van der Waals surface area contributed by atoms with E-state index in [2.05, 4.69) is 46.1 Å². The van der Waals surface area contributed by atoms with Crippen molar-refractivity contribution in [1.29, 1.82) is 0 Å². The van der Waals surface area contributed by atoms with Crippen LogP contribution in [0.5, 0.6) is 0 Å². The summed E-state index contributed by atoms with van der Waals surface area (Å²) >= 11 is 3.40. The summed E-state index contributed by atoms with van der Waals surface area (Å²) in [7, 11) is 2.08. The van der Waals surface area contributed by atoms with Gasteiger partial charge in [0.1, 0.15) is 0 Å². The molecule has 2 rings (SSSR count). The Balaban J connectivity index is 2.13. The molecule has 0 aromatic heterocycles. The lowest BCUT2D eigenvalue weighted by Crippen LogP contribution is -2.16. The van der Waals surface area contributed by atoms with E-state index >= 15 is 0 Å². The van der Waals surface area contributed by atoms with Gasteiger partial charge in [-0.3, -0.25) is 0 Å². The Hall–Kier alpha value is -1.48. The molecule has 0 spiro atoms.